The van der Waals surface area contributed by atoms with Crippen molar-refractivity contribution in [3.05, 3.63) is 0 Å². The molecule has 2 heteroatoms. The van der Waals surface area contributed by atoms with Gasteiger partial charge in [0.05, 0.1) is 0 Å². The number of nitrogens with zero attached hydrogens (tertiary/aromatic N) is 1. The number of nitrogens with two attached hydrogens (primary N) is 1. The van der Waals surface area contributed by atoms with Gasteiger partial charge >= 0.3 is 0 Å². The molecule has 8 heavy (non-hydrogen) atoms. The fourth-order valence-electron chi connectivity index (χ4n) is 1.12. The second kappa shape index (κ2) is 2.03. The van der Waals surface area contributed by atoms with Crippen LogP contribution in [0.2, 0.25) is 0 Å². The Bertz CT molecular complexity index is 72.6. The summed E-state index contributed by atoms with van der Waals surface area (Å²) in [4.78, 5) is 2.30. The van der Waals surface area contributed by atoms with Gasteiger partial charge in [-0.15, -0.1) is 0 Å². The Balaban J connectivity index is 2.44. The summed E-state index contributed by atoms with van der Waals surface area (Å²) in [6, 6.07) is 1.01. The highest BCUT2D eigenvalue weighted by atomic mass is 15.2. The van der Waals surface area contributed by atoms with Crippen molar-refractivity contribution in [1.29, 1.82) is 0 Å². The molecule has 0 radical (unpaired) electrons. The number of likely N-dealkylation sites (tertiary alicyclic amines) is 1. The summed E-state index contributed by atoms with van der Waals surface area (Å²) in [6.45, 7) is 3.35. The van der Waals surface area contributed by atoms with E-state index in [-0.39, 0.29) is 0 Å². The minimum Gasteiger partial charge on any atom is -0.326 e. The van der Waals surface area contributed by atoms with Crippen LogP contribution in [-0.4, -0.2) is 30.6 Å². The van der Waals surface area contributed by atoms with Crippen molar-refractivity contribution in [2.75, 3.05) is 13.6 Å². The predicted molar refractivity (Wildman–Crippen MR) is 34.7 cm³/mol. The Morgan fingerprint density at radius 2 is 2.25 bits per heavy atom. The van der Waals surface area contributed by atoms with E-state index in [1.807, 2.05) is 0 Å². The number of hydrogen-bond acceptors (Lipinski definition) is 2. The lowest BCUT2D eigenvalue weighted by atomic mass is 10.2. The minimum absolute atomic E-state index is 0.417. The van der Waals surface area contributed by atoms with Gasteiger partial charge in [-0.3, -0.25) is 0 Å². The Hall–Kier alpha value is -0.0800. The van der Waals surface area contributed by atoms with Crippen molar-refractivity contribution < 1.29 is 0 Å². The van der Waals surface area contributed by atoms with E-state index >= 15 is 0 Å². The van der Waals surface area contributed by atoms with Gasteiger partial charge in [0.2, 0.25) is 0 Å². The van der Waals surface area contributed by atoms with Crippen molar-refractivity contribution in [3.63, 3.8) is 0 Å². The molecule has 0 aromatic carbocycles. The second-order valence-corrected chi connectivity index (χ2v) is 2.67. The van der Waals surface area contributed by atoms with E-state index in [4.69, 9.17) is 5.73 Å². The number of rotatable bonds is 0. The maximum absolute atomic E-state index is 5.73. The highest BCUT2D eigenvalue weighted by molar-refractivity contribution is 4.83. The first-order valence-electron chi connectivity index (χ1n) is 3.17. The first kappa shape index (κ1) is 6.05. The smallest absolute Gasteiger partial charge is 0.0216 e. The van der Waals surface area contributed by atoms with Crippen LogP contribution in [0.1, 0.15) is 13.3 Å². The molecular weight excluding hydrogens is 100 g/mol. The molecule has 1 heterocycles. The quantitative estimate of drug-likeness (QED) is 0.481. The number of likely N-dealkylation sites (N-methyl/N-ethyl adjacent to an activating group) is 1. The van der Waals surface area contributed by atoms with E-state index in [2.05, 4.69) is 18.9 Å². The summed E-state index contributed by atoms with van der Waals surface area (Å²) >= 11 is 0. The van der Waals surface area contributed by atoms with Gasteiger partial charge in [-0.05, 0) is 26.9 Å². The topological polar surface area (TPSA) is 29.3 Å². The minimum atomic E-state index is 0.417. The van der Waals surface area contributed by atoms with E-state index in [0.29, 0.717) is 12.1 Å². The largest absolute Gasteiger partial charge is 0.326 e. The van der Waals surface area contributed by atoms with Gasteiger partial charge < -0.3 is 10.6 Å². The molecule has 48 valence electrons. The van der Waals surface area contributed by atoms with Crippen LogP contribution in [0.3, 0.4) is 0 Å². The summed E-state index contributed by atoms with van der Waals surface area (Å²) in [6.07, 6.45) is 1.16. The Morgan fingerprint density at radius 3 is 2.38 bits per heavy atom. The molecule has 0 unspecified atom stereocenters. The van der Waals surface area contributed by atoms with Crippen molar-refractivity contribution in [2.24, 2.45) is 5.73 Å². The molecule has 0 aromatic heterocycles. The van der Waals surface area contributed by atoms with E-state index in [1.54, 1.807) is 0 Å². The molecule has 1 aliphatic rings. The molecule has 1 fully saturated rings. The normalized spacial score (nSPS) is 40.9. The lowest BCUT2D eigenvalue weighted by Crippen LogP contribution is -2.34. The highest BCUT2D eigenvalue weighted by Crippen LogP contribution is 2.11. The zero-order valence-electron chi connectivity index (χ0n) is 5.59. The molecule has 0 bridgehead atoms. The molecule has 0 amide bonds. The van der Waals surface area contributed by atoms with E-state index < -0.39 is 0 Å². The van der Waals surface area contributed by atoms with Gasteiger partial charge in [-0.25, -0.2) is 0 Å². The van der Waals surface area contributed by atoms with Crippen LogP contribution in [-0.2, 0) is 0 Å². The third-order valence-corrected chi connectivity index (χ3v) is 2.13. The van der Waals surface area contributed by atoms with Crippen molar-refractivity contribution in [2.45, 2.75) is 25.4 Å². The van der Waals surface area contributed by atoms with Crippen LogP contribution in [0.15, 0.2) is 0 Å². The molecule has 0 aliphatic carbocycles. The fourth-order valence-corrected chi connectivity index (χ4v) is 1.12. The summed E-state index contributed by atoms with van der Waals surface area (Å²) in [5.41, 5.74) is 5.73. The van der Waals surface area contributed by atoms with Crippen LogP contribution in [0.5, 0.6) is 0 Å². The molecule has 1 saturated heterocycles. The average molecular weight is 114 g/mol. The molecule has 0 aromatic rings. The summed E-state index contributed by atoms with van der Waals surface area (Å²) < 4.78 is 0. The highest BCUT2D eigenvalue weighted by Gasteiger charge is 2.23. The first-order valence-corrected chi connectivity index (χ1v) is 3.17. The average Bonchev–Trinajstić information content (AvgIpc) is 1.98. The maximum atomic E-state index is 5.73. The fraction of sp³-hybridized carbons (Fsp3) is 1.00. The molecule has 1 rings (SSSR count). The van der Waals surface area contributed by atoms with Gasteiger partial charge in [0.15, 0.2) is 0 Å². The van der Waals surface area contributed by atoms with Gasteiger partial charge in [0.1, 0.15) is 0 Å². The van der Waals surface area contributed by atoms with Gasteiger partial charge in [-0.1, -0.05) is 0 Å². The van der Waals surface area contributed by atoms with E-state index in [0.717, 1.165) is 6.42 Å². The monoisotopic (exact) mass is 114 g/mol. The van der Waals surface area contributed by atoms with Crippen molar-refractivity contribution in [1.82, 2.24) is 4.90 Å². The standard InChI is InChI=1S/C6H14N2/c1-5-6(7)3-4-8(5)2/h5-6H,3-4,7H2,1-2H3/t5-,6+/m1/s1. The van der Waals surface area contributed by atoms with Crippen molar-refractivity contribution in [3.8, 4) is 0 Å². The Morgan fingerprint density at radius 1 is 1.62 bits per heavy atom. The van der Waals surface area contributed by atoms with Crippen LogP contribution in [0, 0.1) is 0 Å². The number of hydrogen-bond donors (Lipinski definition) is 1. The molecule has 2 nitrogen and oxygen atoms in total. The van der Waals surface area contributed by atoms with E-state index in [1.165, 1.54) is 6.54 Å². The SMILES string of the molecule is C[C@@H]1[C@@H](N)CCN1C. The molecule has 2 N–H and O–H groups in total. The Kier molecular flexibility index (Phi) is 1.54. The maximum Gasteiger partial charge on any atom is 0.0216 e. The third kappa shape index (κ3) is 0.858. The van der Waals surface area contributed by atoms with Crippen LogP contribution < -0.4 is 5.73 Å². The molecule has 0 spiro atoms. The molecular formula is C6H14N2. The van der Waals surface area contributed by atoms with E-state index in [9.17, 15) is 0 Å². The molecule has 0 saturated carbocycles. The zero-order chi connectivity index (χ0) is 6.15. The molecule has 1 aliphatic heterocycles. The first-order chi connectivity index (χ1) is 3.72. The lowest BCUT2D eigenvalue weighted by Gasteiger charge is -2.16. The third-order valence-electron chi connectivity index (χ3n) is 2.13. The summed E-state index contributed by atoms with van der Waals surface area (Å²) in [5, 5.41) is 0. The van der Waals surface area contributed by atoms with Gasteiger partial charge in [0, 0.05) is 12.1 Å². The van der Waals surface area contributed by atoms with Gasteiger partial charge in [-0.2, -0.15) is 0 Å². The van der Waals surface area contributed by atoms with Crippen molar-refractivity contribution >= 4 is 0 Å². The Labute approximate surface area is 50.7 Å². The van der Waals surface area contributed by atoms with Crippen LogP contribution in [0.25, 0.3) is 0 Å². The zero-order valence-corrected chi connectivity index (χ0v) is 5.59. The van der Waals surface area contributed by atoms with Gasteiger partial charge in [0.25, 0.3) is 0 Å². The van der Waals surface area contributed by atoms with Crippen LogP contribution >= 0.6 is 0 Å². The summed E-state index contributed by atoms with van der Waals surface area (Å²) in [5.74, 6) is 0. The summed E-state index contributed by atoms with van der Waals surface area (Å²) in [7, 11) is 2.12. The molecule has 2 atom stereocenters. The van der Waals surface area contributed by atoms with Crippen LogP contribution in [0.4, 0.5) is 0 Å². The predicted octanol–water partition coefficient (Wildman–Crippen LogP) is 0.0377. The second-order valence-electron chi connectivity index (χ2n) is 2.67. The lowest BCUT2D eigenvalue weighted by molar-refractivity contribution is 0.318.